The molecule has 7 aromatic rings. The van der Waals surface area contributed by atoms with E-state index in [1.807, 2.05) is 0 Å². The molecule has 0 fully saturated rings. The third-order valence-corrected chi connectivity index (χ3v) is 12.6. The van der Waals surface area contributed by atoms with E-state index in [0.29, 0.717) is 52.9 Å². The highest BCUT2D eigenvalue weighted by atomic mass is 16.5. The first kappa shape index (κ1) is 50.1. The zero-order valence-electron chi connectivity index (χ0n) is 42.4. The topological polar surface area (TPSA) is 131 Å². The van der Waals surface area contributed by atoms with Gasteiger partial charge in [-0.05, 0) is 164 Å². The molecule has 12 heteroatoms. The van der Waals surface area contributed by atoms with E-state index < -0.39 is 0 Å². The Labute approximate surface area is 421 Å². The summed E-state index contributed by atoms with van der Waals surface area (Å²) < 4.78 is 45.7. The van der Waals surface area contributed by atoms with E-state index in [1.54, 1.807) is 56.9 Å². The van der Waals surface area contributed by atoms with Crippen molar-refractivity contribution in [1.82, 2.24) is 19.9 Å². The normalized spacial score (nSPS) is 12.1. The van der Waals surface area contributed by atoms with Crippen molar-refractivity contribution in [2.45, 2.75) is 52.9 Å². The number of ether oxygens (including phenoxy) is 8. The first-order valence-electron chi connectivity index (χ1n) is 23.9. The number of nitrogens with one attached hydrogen (secondary N) is 2. The highest BCUT2D eigenvalue weighted by Crippen LogP contribution is 2.40. The zero-order valence-corrected chi connectivity index (χ0v) is 42.4. The van der Waals surface area contributed by atoms with Crippen LogP contribution in [0.15, 0.2) is 97.1 Å². The molecule has 2 aliphatic heterocycles. The number of rotatable bonds is 20. The van der Waals surface area contributed by atoms with Gasteiger partial charge in [-0.15, -0.1) is 0 Å². The van der Waals surface area contributed by atoms with Crippen molar-refractivity contribution in [2.75, 3.05) is 56.9 Å². The van der Waals surface area contributed by atoms with E-state index in [4.69, 9.17) is 47.9 Å². The second kappa shape index (κ2) is 23.1. The summed E-state index contributed by atoms with van der Waals surface area (Å²) in [6.45, 7) is 3.41. The summed E-state index contributed by atoms with van der Waals surface area (Å²) in [6.07, 6.45) is 8.44. The minimum absolute atomic E-state index is 0.427. The van der Waals surface area contributed by atoms with Crippen molar-refractivity contribution in [1.29, 1.82) is 0 Å². The number of fused-ring (bicyclic) bond motifs is 8. The van der Waals surface area contributed by atoms with Crippen LogP contribution in [0.2, 0.25) is 0 Å². The Balaban J connectivity index is 1.48. The number of methoxy groups -OCH3 is 8. The molecule has 2 aliphatic rings. The van der Waals surface area contributed by atoms with Gasteiger partial charge < -0.3 is 47.9 Å². The second-order valence-corrected chi connectivity index (χ2v) is 18.1. The van der Waals surface area contributed by atoms with Crippen LogP contribution in [0.25, 0.3) is 90.9 Å². The first-order chi connectivity index (χ1) is 35.3. The molecule has 9 rings (SSSR count). The van der Waals surface area contributed by atoms with E-state index >= 15 is 0 Å². The number of hydrogen-bond donors (Lipinski definition) is 2. The quantitative estimate of drug-likeness (QED) is 0.0761. The fraction of sp³-hybridized carbons (Fsp3) is 0.267. The Morgan fingerprint density at radius 3 is 0.625 bits per heavy atom. The molecule has 4 aromatic carbocycles. The molecule has 0 amide bonds. The van der Waals surface area contributed by atoms with Gasteiger partial charge in [0.2, 0.25) is 0 Å². The number of nitrogens with zero attached hydrogens (tertiary/aromatic N) is 2. The van der Waals surface area contributed by atoms with Crippen LogP contribution in [0.1, 0.15) is 67.3 Å². The summed E-state index contributed by atoms with van der Waals surface area (Å²) >= 11 is 0. The number of H-pyrrole nitrogens is 2. The Bertz CT molecular complexity index is 2800. The van der Waals surface area contributed by atoms with Gasteiger partial charge in [-0.25, -0.2) is 9.97 Å². The van der Waals surface area contributed by atoms with Crippen LogP contribution in [0, 0.1) is 0 Å². The van der Waals surface area contributed by atoms with Crippen LogP contribution in [0.5, 0.6) is 0 Å². The highest BCUT2D eigenvalue weighted by molar-refractivity contribution is 6.00. The Morgan fingerprint density at radius 1 is 0.278 bits per heavy atom. The van der Waals surface area contributed by atoms with Gasteiger partial charge in [0.1, 0.15) is 0 Å². The summed E-state index contributed by atoms with van der Waals surface area (Å²) in [7, 11) is 13.7. The van der Waals surface area contributed by atoms with Gasteiger partial charge in [0.25, 0.3) is 0 Å². The van der Waals surface area contributed by atoms with Gasteiger partial charge in [0.05, 0.1) is 75.6 Å². The Morgan fingerprint density at radius 2 is 0.458 bits per heavy atom. The van der Waals surface area contributed by atoms with Crippen molar-refractivity contribution < 1.29 is 37.9 Å². The van der Waals surface area contributed by atoms with Gasteiger partial charge in [-0.1, -0.05) is 24.3 Å². The summed E-state index contributed by atoms with van der Waals surface area (Å²) in [6, 6.07) is 34.5. The lowest BCUT2D eigenvalue weighted by molar-refractivity contribution is 0.180. The number of benzene rings is 4. The molecule has 0 unspecified atom stereocenters. The molecule has 72 heavy (non-hydrogen) atoms. The minimum atomic E-state index is 0.427. The van der Waals surface area contributed by atoms with Crippen LogP contribution in [0.4, 0.5) is 0 Å². The van der Waals surface area contributed by atoms with Crippen LogP contribution < -0.4 is 0 Å². The molecular weight excluding hydrogens is 905 g/mol. The first-order valence-corrected chi connectivity index (χ1v) is 23.9. The zero-order chi connectivity index (χ0) is 50.1. The molecule has 0 radical (unpaired) electrons. The van der Waals surface area contributed by atoms with E-state index in [2.05, 4.69) is 131 Å². The Hall–Kier alpha value is -6.84. The fourth-order valence-corrected chi connectivity index (χ4v) is 10.0. The molecule has 0 aliphatic carbocycles. The van der Waals surface area contributed by atoms with Gasteiger partial charge in [-0.3, -0.25) is 0 Å². The molecule has 5 heterocycles. The van der Waals surface area contributed by atoms with Crippen LogP contribution in [-0.2, 0) is 90.7 Å². The van der Waals surface area contributed by atoms with Crippen molar-refractivity contribution in [2.24, 2.45) is 0 Å². The molecule has 2 N–H and O–H groups in total. The van der Waals surface area contributed by atoms with Crippen LogP contribution >= 0.6 is 0 Å². The van der Waals surface area contributed by atoms with Crippen molar-refractivity contribution in [3.63, 3.8) is 0 Å². The lowest BCUT2D eigenvalue weighted by atomic mass is 9.98. The van der Waals surface area contributed by atoms with Gasteiger partial charge in [-0.2, -0.15) is 0 Å². The molecule has 3 aromatic heterocycles. The largest absolute Gasteiger partial charge is 0.380 e. The average Bonchev–Trinajstić information content (AvgIpc) is 4.21. The summed E-state index contributed by atoms with van der Waals surface area (Å²) in [5.41, 5.74) is 22.3. The van der Waals surface area contributed by atoms with Gasteiger partial charge in [0.15, 0.2) is 0 Å². The molecule has 0 saturated carbocycles. The van der Waals surface area contributed by atoms with Crippen LogP contribution in [0.3, 0.4) is 0 Å². The summed E-state index contributed by atoms with van der Waals surface area (Å²) in [5.74, 6) is 0. The maximum absolute atomic E-state index is 5.71. The monoisotopic (exact) mass is 966 g/mol. The molecule has 0 saturated heterocycles. The molecule has 0 atom stereocenters. The average molecular weight is 967 g/mol. The second-order valence-electron chi connectivity index (χ2n) is 18.1. The van der Waals surface area contributed by atoms with Crippen LogP contribution in [-0.4, -0.2) is 76.8 Å². The van der Waals surface area contributed by atoms with E-state index in [-0.39, 0.29) is 0 Å². The van der Waals surface area contributed by atoms with E-state index in [0.717, 1.165) is 134 Å². The maximum Gasteiger partial charge on any atom is 0.0737 e. The number of hydrogen-bond acceptors (Lipinski definition) is 10. The maximum atomic E-state index is 5.71. The SMILES string of the molecule is COCc1cc(COC)cc(-c2c3nc(c(-c4cc(COC)cc(COC)c4)c4ccc([nH]4)c(-c4cc(COC)cc(COC)c4)c4nc(c(-c5cc(COC)cc(COC)c5)c5ccc2[nH]5)C=C4)C=C3)c1. The molecule has 8 bridgehead atoms. The lowest BCUT2D eigenvalue weighted by Gasteiger charge is -2.12. The van der Waals surface area contributed by atoms with Crippen molar-refractivity contribution in [3.8, 4) is 44.5 Å². The third kappa shape index (κ3) is 11.0. The molecule has 0 spiro atoms. The highest BCUT2D eigenvalue weighted by Gasteiger charge is 2.21. The van der Waals surface area contributed by atoms with Gasteiger partial charge in [0, 0.05) is 101 Å². The smallest absolute Gasteiger partial charge is 0.0737 e. The van der Waals surface area contributed by atoms with Gasteiger partial charge >= 0.3 is 0 Å². The third-order valence-electron chi connectivity index (χ3n) is 12.6. The molecule has 370 valence electrons. The standard InChI is InChI=1S/C60H62N4O8/c1-65-29-37-17-38(30-66-2)22-45(21-37)57-49-9-11-51(61-49)58(46-23-39(31-67-3)18-40(24-46)32-68-4)53-13-15-55(63-53)60(48-27-43(35-71-7)20-44(28-48)36-72-8)56-16-14-54(64-56)59(52-12-10-50(57)62-52)47-25-41(33-69-5)19-42(26-47)34-70-6/h9-28,61,64H,29-36H2,1-8H3. The number of aromatic amines is 2. The lowest BCUT2D eigenvalue weighted by Crippen LogP contribution is -1.97. The summed E-state index contributed by atoms with van der Waals surface area (Å²) in [5, 5.41) is 0. The predicted octanol–water partition coefficient (Wildman–Crippen LogP) is 12.5. The van der Waals surface area contributed by atoms with E-state index in [9.17, 15) is 0 Å². The summed E-state index contributed by atoms with van der Waals surface area (Å²) in [4.78, 5) is 19.0. The molecular formula is C60H62N4O8. The fourth-order valence-electron chi connectivity index (χ4n) is 10.0. The number of aromatic nitrogens is 4. The van der Waals surface area contributed by atoms with Crippen molar-refractivity contribution >= 4 is 46.4 Å². The molecule has 12 nitrogen and oxygen atoms in total. The Kier molecular flexibility index (Phi) is 16.1. The predicted molar refractivity (Wildman–Crippen MR) is 286 cm³/mol. The van der Waals surface area contributed by atoms with Crippen molar-refractivity contribution in [3.05, 3.63) is 164 Å². The van der Waals surface area contributed by atoms with E-state index in [1.165, 1.54) is 0 Å². The minimum Gasteiger partial charge on any atom is -0.380 e.